The smallest absolute Gasteiger partial charge is 0.255 e. The van der Waals surface area contributed by atoms with Crippen molar-refractivity contribution >= 4 is 29.1 Å². The van der Waals surface area contributed by atoms with Gasteiger partial charge in [-0.3, -0.25) is 4.79 Å². The quantitative estimate of drug-likeness (QED) is 0.572. The van der Waals surface area contributed by atoms with Crippen molar-refractivity contribution in [2.45, 2.75) is 6.42 Å². The fourth-order valence-electron chi connectivity index (χ4n) is 1.55. The van der Waals surface area contributed by atoms with Gasteiger partial charge in [-0.15, -0.1) is 0 Å². The first-order chi connectivity index (χ1) is 7.68. The van der Waals surface area contributed by atoms with Crippen molar-refractivity contribution in [1.82, 2.24) is 9.88 Å². The van der Waals surface area contributed by atoms with Crippen LogP contribution in [-0.2, 0) is 0 Å². The molecule has 0 N–H and O–H groups in total. The molecular weight excluding hydrogens is 247 g/mol. The topological polar surface area (TPSA) is 33.2 Å². The zero-order chi connectivity index (χ0) is 11.5. The van der Waals surface area contributed by atoms with E-state index in [1.807, 2.05) is 6.08 Å². The highest BCUT2D eigenvalue weighted by atomic mass is 35.5. The van der Waals surface area contributed by atoms with Gasteiger partial charge in [-0.25, -0.2) is 4.98 Å². The Hall–Kier alpha value is -1.06. The molecule has 1 amide bonds. The molecule has 2 rings (SSSR count). The molecule has 1 aromatic rings. The Morgan fingerprint density at radius 3 is 2.81 bits per heavy atom. The molecule has 0 fully saturated rings. The minimum absolute atomic E-state index is 0.0598. The lowest BCUT2D eigenvalue weighted by Crippen LogP contribution is -2.33. The summed E-state index contributed by atoms with van der Waals surface area (Å²) in [5, 5.41) is 0.525. The van der Waals surface area contributed by atoms with Gasteiger partial charge >= 0.3 is 0 Å². The van der Waals surface area contributed by atoms with Gasteiger partial charge in [-0.05, 0) is 12.5 Å². The minimum Gasteiger partial charge on any atom is -0.335 e. The summed E-state index contributed by atoms with van der Waals surface area (Å²) >= 11 is 11.5. The van der Waals surface area contributed by atoms with E-state index in [1.165, 1.54) is 6.20 Å². The van der Waals surface area contributed by atoms with Crippen LogP contribution in [0.25, 0.3) is 0 Å². The van der Waals surface area contributed by atoms with Crippen LogP contribution in [0.2, 0.25) is 10.2 Å². The summed E-state index contributed by atoms with van der Waals surface area (Å²) < 4.78 is 0. The Morgan fingerprint density at radius 1 is 1.38 bits per heavy atom. The van der Waals surface area contributed by atoms with E-state index in [1.54, 1.807) is 11.0 Å². The van der Waals surface area contributed by atoms with Gasteiger partial charge in [0.05, 0.1) is 10.6 Å². The van der Waals surface area contributed by atoms with Crippen LogP contribution in [0.1, 0.15) is 16.8 Å². The molecule has 3 nitrogen and oxygen atoms in total. The van der Waals surface area contributed by atoms with Gasteiger partial charge in [-0.2, -0.15) is 0 Å². The summed E-state index contributed by atoms with van der Waals surface area (Å²) in [6.07, 6.45) is 6.39. The lowest BCUT2D eigenvalue weighted by Gasteiger charge is -2.23. The average molecular weight is 257 g/mol. The van der Waals surface area contributed by atoms with Crippen LogP contribution >= 0.6 is 23.2 Å². The number of hydrogen-bond donors (Lipinski definition) is 0. The fraction of sp³-hybridized carbons (Fsp3) is 0.273. The first-order valence-electron chi connectivity index (χ1n) is 4.94. The van der Waals surface area contributed by atoms with Crippen LogP contribution in [0.4, 0.5) is 0 Å². The van der Waals surface area contributed by atoms with Gasteiger partial charge in [0.2, 0.25) is 0 Å². The van der Waals surface area contributed by atoms with Gasteiger partial charge in [0.25, 0.3) is 5.91 Å². The number of carbonyl (C=O) groups excluding carboxylic acids is 1. The first-order valence-corrected chi connectivity index (χ1v) is 5.69. The van der Waals surface area contributed by atoms with E-state index in [0.29, 0.717) is 17.1 Å². The highest BCUT2D eigenvalue weighted by Gasteiger charge is 2.17. The van der Waals surface area contributed by atoms with Gasteiger partial charge in [0, 0.05) is 19.3 Å². The van der Waals surface area contributed by atoms with E-state index in [9.17, 15) is 4.79 Å². The molecule has 0 atom stereocenters. The molecule has 0 bridgehead atoms. The average Bonchev–Trinajstić information content (AvgIpc) is 2.33. The lowest BCUT2D eigenvalue weighted by atomic mass is 10.2. The molecular formula is C11H10Cl2N2O. The molecule has 0 aliphatic carbocycles. The van der Waals surface area contributed by atoms with Crippen LogP contribution in [0.15, 0.2) is 24.4 Å². The Labute approximate surface area is 104 Å². The minimum atomic E-state index is -0.0598. The van der Waals surface area contributed by atoms with Crippen LogP contribution < -0.4 is 0 Å². The predicted molar refractivity (Wildman–Crippen MR) is 63.9 cm³/mol. The summed E-state index contributed by atoms with van der Waals surface area (Å²) in [4.78, 5) is 17.6. The van der Waals surface area contributed by atoms with Gasteiger partial charge in [-0.1, -0.05) is 35.4 Å². The summed E-state index contributed by atoms with van der Waals surface area (Å²) in [7, 11) is 0. The van der Waals surface area contributed by atoms with E-state index in [4.69, 9.17) is 23.2 Å². The fourth-order valence-corrected chi connectivity index (χ4v) is 1.82. The van der Waals surface area contributed by atoms with Crippen LogP contribution in [0.5, 0.6) is 0 Å². The molecule has 2 heterocycles. The van der Waals surface area contributed by atoms with Crippen molar-refractivity contribution in [2.75, 3.05) is 13.1 Å². The summed E-state index contributed by atoms with van der Waals surface area (Å²) in [6, 6.07) is 1.55. The Kier molecular flexibility index (Phi) is 3.46. The largest absolute Gasteiger partial charge is 0.335 e. The molecule has 1 aromatic heterocycles. The molecule has 0 saturated carbocycles. The van der Waals surface area contributed by atoms with Crippen molar-refractivity contribution in [3.8, 4) is 0 Å². The van der Waals surface area contributed by atoms with E-state index in [0.717, 1.165) is 13.0 Å². The van der Waals surface area contributed by atoms with E-state index >= 15 is 0 Å². The molecule has 1 aliphatic rings. The van der Waals surface area contributed by atoms with Crippen molar-refractivity contribution in [1.29, 1.82) is 0 Å². The molecule has 0 saturated heterocycles. The monoisotopic (exact) mass is 256 g/mol. The third-order valence-corrected chi connectivity index (χ3v) is 3.07. The lowest BCUT2D eigenvalue weighted by molar-refractivity contribution is 0.0770. The van der Waals surface area contributed by atoms with E-state index in [2.05, 4.69) is 11.1 Å². The molecule has 0 spiro atoms. The third kappa shape index (κ3) is 2.36. The maximum Gasteiger partial charge on any atom is 0.255 e. The highest BCUT2D eigenvalue weighted by Crippen LogP contribution is 2.20. The van der Waals surface area contributed by atoms with E-state index in [-0.39, 0.29) is 11.1 Å². The summed E-state index contributed by atoms with van der Waals surface area (Å²) in [5.41, 5.74) is 0.477. The number of carbonyl (C=O) groups is 1. The Balaban J connectivity index is 2.20. The summed E-state index contributed by atoms with van der Waals surface area (Å²) in [5.74, 6) is -0.0598. The third-order valence-electron chi connectivity index (χ3n) is 2.39. The molecule has 5 heteroatoms. The zero-order valence-corrected chi connectivity index (χ0v) is 10.0. The molecule has 16 heavy (non-hydrogen) atoms. The first kappa shape index (κ1) is 11.4. The molecule has 84 valence electrons. The van der Waals surface area contributed by atoms with E-state index < -0.39 is 0 Å². The van der Waals surface area contributed by atoms with Crippen LogP contribution in [0.3, 0.4) is 0 Å². The van der Waals surface area contributed by atoms with Crippen LogP contribution in [-0.4, -0.2) is 28.9 Å². The maximum absolute atomic E-state index is 12.0. The van der Waals surface area contributed by atoms with Crippen molar-refractivity contribution < 1.29 is 4.79 Å². The highest BCUT2D eigenvalue weighted by molar-refractivity contribution is 6.41. The molecule has 0 aromatic carbocycles. The second-order valence-electron chi connectivity index (χ2n) is 3.51. The molecule has 0 radical (unpaired) electrons. The number of rotatable bonds is 1. The SMILES string of the molecule is O=C(c1cnc(Cl)c(Cl)c1)N1CC=CCC1. The summed E-state index contributed by atoms with van der Waals surface area (Å²) in [6.45, 7) is 1.37. The number of nitrogens with zero attached hydrogens (tertiary/aromatic N) is 2. The predicted octanol–water partition coefficient (Wildman–Crippen LogP) is 2.79. The maximum atomic E-state index is 12.0. The molecule has 1 aliphatic heterocycles. The van der Waals surface area contributed by atoms with Crippen molar-refractivity contribution in [3.05, 3.63) is 40.2 Å². The van der Waals surface area contributed by atoms with Crippen LogP contribution in [0, 0.1) is 0 Å². The second-order valence-corrected chi connectivity index (χ2v) is 4.27. The number of pyridine rings is 1. The second kappa shape index (κ2) is 4.85. The molecule has 0 unspecified atom stereocenters. The Morgan fingerprint density at radius 2 is 2.19 bits per heavy atom. The standard InChI is InChI=1S/C11H10Cl2N2O/c12-9-6-8(7-14-10(9)13)11(16)15-4-2-1-3-5-15/h1-2,6-7H,3-5H2. The number of aromatic nitrogens is 1. The number of hydrogen-bond acceptors (Lipinski definition) is 2. The van der Waals surface area contributed by atoms with Gasteiger partial charge in [0.15, 0.2) is 0 Å². The van der Waals surface area contributed by atoms with Gasteiger partial charge < -0.3 is 4.90 Å². The Bertz CT molecular complexity index is 446. The van der Waals surface area contributed by atoms with Crippen molar-refractivity contribution in [2.24, 2.45) is 0 Å². The normalized spacial score (nSPS) is 15.2. The zero-order valence-electron chi connectivity index (χ0n) is 8.49. The van der Waals surface area contributed by atoms with Gasteiger partial charge in [0.1, 0.15) is 5.15 Å². The van der Waals surface area contributed by atoms with Crippen molar-refractivity contribution in [3.63, 3.8) is 0 Å². The number of halogens is 2. The number of amides is 1.